The van der Waals surface area contributed by atoms with Gasteiger partial charge in [0.25, 0.3) is 0 Å². The number of hydrogen-bond acceptors (Lipinski definition) is 5. The van der Waals surface area contributed by atoms with Crippen LogP contribution in [0.3, 0.4) is 0 Å². The Morgan fingerprint density at radius 3 is 2.41 bits per heavy atom. The highest BCUT2D eigenvalue weighted by molar-refractivity contribution is 7.07. The molecule has 1 saturated heterocycles. The van der Waals surface area contributed by atoms with Crippen molar-refractivity contribution >= 4 is 22.8 Å². The van der Waals surface area contributed by atoms with E-state index in [2.05, 4.69) is 49.1 Å². The third-order valence-corrected chi connectivity index (χ3v) is 5.58. The van der Waals surface area contributed by atoms with E-state index < -0.39 is 0 Å². The van der Waals surface area contributed by atoms with Crippen LogP contribution in [0.5, 0.6) is 0 Å². The molecular formula is C21H23FN4S. The lowest BCUT2D eigenvalue weighted by Crippen LogP contribution is -2.46. The van der Waals surface area contributed by atoms with Crippen LogP contribution >= 0.6 is 11.3 Å². The van der Waals surface area contributed by atoms with Crippen molar-refractivity contribution in [1.82, 2.24) is 10.3 Å². The summed E-state index contributed by atoms with van der Waals surface area (Å²) in [5.74, 6) is 0.842. The molecule has 0 aliphatic carbocycles. The van der Waals surface area contributed by atoms with Gasteiger partial charge >= 0.3 is 0 Å². The minimum absolute atomic E-state index is 0.189. The Morgan fingerprint density at radius 1 is 0.926 bits per heavy atom. The maximum Gasteiger partial charge on any atom is 0.128 e. The van der Waals surface area contributed by atoms with Gasteiger partial charge < -0.3 is 15.1 Å². The van der Waals surface area contributed by atoms with Crippen molar-refractivity contribution in [3.8, 4) is 0 Å². The fourth-order valence-electron chi connectivity index (χ4n) is 3.33. The van der Waals surface area contributed by atoms with Crippen molar-refractivity contribution in [2.75, 3.05) is 36.0 Å². The topological polar surface area (TPSA) is 31.4 Å². The molecule has 1 aromatic carbocycles. The van der Waals surface area contributed by atoms with Gasteiger partial charge in [-0.1, -0.05) is 0 Å². The van der Waals surface area contributed by atoms with Crippen LogP contribution in [0, 0.1) is 5.82 Å². The molecule has 0 atom stereocenters. The Labute approximate surface area is 163 Å². The van der Waals surface area contributed by atoms with E-state index in [1.165, 1.54) is 23.3 Å². The van der Waals surface area contributed by atoms with E-state index in [0.29, 0.717) is 0 Å². The summed E-state index contributed by atoms with van der Waals surface area (Å²) in [6, 6.07) is 13.1. The molecule has 3 heterocycles. The molecule has 3 aromatic rings. The molecule has 0 amide bonds. The van der Waals surface area contributed by atoms with Crippen molar-refractivity contribution < 1.29 is 4.39 Å². The number of benzene rings is 1. The maximum atomic E-state index is 13.1. The number of thiophene rings is 1. The molecule has 2 aromatic heterocycles. The molecule has 0 spiro atoms. The van der Waals surface area contributed by atoms with Crippen LogP contribution in [0.15, 0.2) is 59.4 Å². The number of nitrogens with zero attached hydrogens (tertiary/aromatic N) is 3. The van der Waals surface area contributed by atoms with Gasteiger partial charge in [0.05, 0.1) is 0 Å². The Kier molecular flexibility index (Phi) is 5.65. The Morgan fingerprint density at radius 2 is 1.67 bits per heavy atom. The molecular weight excluding hydrogens is 359 g/mol. The van der Waals surface area contributed by atoms with E-state index in [9.17, 15) is 4.39 Å². The lowest BCUT2D eigenvalue weighted by Gasteiger charge is -2.36. The van der Waals surface area contributed by atoms with Crippen molar-refractivity contribution in [3.63, 3.8) is 0 Å². The predicted molar refractivity (Wildman–Crippen MR) is 110 cm³/mol. The minimum Gasteiger partial charge on any atom is -0.368 e. The largest absolute Gasteiger partial charge is 0.368 e. The van der Waals surface area contributed by atoms with Gasteiger partial charge in [0, 0.05) is 51.2 Å². The first-order valence-corrected chi connectivity index (χ1v) is 10.1. The zero-order valence-corrected chi connectivity index (χ0v) is 16.0. The molecule has 0 saturated carbocycles. The molecule has 0 unspecified atom stereocenters. The van der Waals surface area contributed by atoms with Crippen molar-refractivity contribution in [3.05, 3.63) is 76.4 Å². The van der Waals surface area contributed by atoms with E-state index in [4.69, 9.17) is 0 Å². The summed E-state index contributed by atoms with van der Waals surface area (Å²) in [7, 11) is 0. The third kappa shape index (κ3) is 4.64. The van der Waals surface area contributed by atoms with Gasteiger partial charge in [0.15, 0.2) is 0 Å². The first-order valence-electron chi connectivity index (χ1n) is 9.20. The monoisotopic (exact) mass is 382 g/mol. The zero-order valence-electron chi connectivity index (χ0n) is 15.1. The van der Waals surface area contributed by atoms with E-state index in [1.54, 1.807) is 11.3 Å². The molecule has 0 bridgehead atoms. The average molecular weight is 383 g/mol. The first kappa shape index (κ1) is 17.9. The van der Waals surface area contributed by atoms with Crippen LogP contribution in [0.2, 0.25) is 0 Å². The van der Waals surface area contributed by atoms with Crippen molar-refractivity contribution in [2.24, 2.45) is 0 Å². The number of hydrogen-bond donors (Lipinski definition) is 1. The second-order valence-corrected chi connectivity index (χ2v) is 7.49. The van der Waals surface area contributed by atoms with Crippen LogP contribution in [0.25, 0.3) is 0 Å². The summed E-state index contributed by atoms with van der Waals surface area (Å²) in [6.07, 6.45) is 1.89. The summed E-state index contributed by atoms with van der Waals surface area (Å²) in [5.41, 5.74) is 3.65. The fraction of sp³-hybridized carbons (Fsp3) is 0.286. The summed E-state index contributed by atoms with van der Waals surface area (Å²) >= 11 is 1.73. The molecule has 1 aliphatic heterocycles. The van der Waals surface area contributed by atoms with Gasteiger partial charge in [-0.2, -0.15) is 11.3 Å². The standard InChI is InChI=1S/C21H23FN4S/c22-19-1-3-20(4-2-19)25-8-10-26(11-9-25)21-13-17(5-7-24-21)14-23-15-18-6-12-27-16-18/h1-7,12-13,16,23H,8-11,14-15H2. The lowest BCUT2D eigenvalue weighted by molar-refractivity contribution is 0.624. The van der Waals surface area contributed by atoms with E-state index in [0.717, 1.165) is 50.8 Å². The number of pyridine rings is 1. The third-order valence-electron chi connectivity index (χ3n) is 4.84. The summed E-state index contributed by atoms with van der Waals surface area (Å²) in [5, 5.41) is 7.77. The average Bonchev–Trinajstić information content (AvgIpc) is 3.23. The smallest absolute Gasteiger partial charge is 0.128 e. The van der Waals surface area contributed by atoms with Crippen molar-refractivity contribution in [2.45, 2.75) is 13.1 Å². The highest BCUT2D eigenvalue weighted by Crippen LogP contribution is 2.20. The highest BCUT2D eigenvalue weighted by atomic mass is 32.1. The quantitative estimate of drug-likeness (QED) is 0.701. The SMILES string of the molecule is Fc1ccc(N2CCN(c3cc(CNCc4ccsc4)ccn3)CC2)cc1. The molecule has 4 rings (SSSR count). The van der Waals surface area contributed by atoms with Crippen molar-refractivity contribution in [1.29, 1.82) is 0 Å². The van der Waals surface area contributed by atoms with E-state index >= 15 is 0 Å². The Hall–Kier alpha value is -2.44. The molecule has 1 N–H and O–H groups in total. The number of halogens is 1. The molecule has 1 aliphatic rings. The van der Waals surface area contributed by atoms with Crippen LogP contribution in [0.4, 0.5) is 15.9 Å². The fourth-order valence-corrected chi connectivity index (χ4v) is 4.00. The number of nitrogens with one attached hydrogen (secondary N) is 1. The Balaban J connectivity index is 1.32. The zero-order chi connectivity index (χ0) is 18.5. The second-order valence-electron chi connectivity index (χ2n) is 6.71. The van der Waals surface area contributed by atoms with Gasteiger partial charge in [-0.15, -0.1) is 0 Å². The van der Waals surface area contributed by atoms with Gasteiger partial charge in [-0.25, -0.2) is 9.37 Å². The second kappa shape index (κ2) is 8.50. The summed E-state index contributed by atoms with van der Waals surface area (Å²) < 4.78 is 13.1. The number of anilines is 2. The van der Waals surface area contributed by atoms with Gasteiger partial charge in [0.2, 0.25) is 0 Å². The molecule has 1 fully saturated rings. The minimum atomic E-state index is -0.189. The predicted octanol–water partition coefficient (Wildman–Crippen LogP) is 3.90. The van der Waals surface area contributed by atoms with Gasteiger partial charge in [-0.05, 0) is 64.4 Å². The Bertz CT molecular complexity index is 843. The van der Waals surface area contributed by atoms with Gasteiger partial charge in [-0.3, -0.25) is 0 Å². The lowest BCUT2D eigenvalue weighted by atomic mass is 10.2. The molecule has 27 heavy (non-hydrogen) atoms. The van der Waals surface area contributed by atoms with Crippen LogP contribution < -0.4 is 15.1 Å². The molecule has 0 radical (unpaired) electrons. The number of piperazine rings is 1. The van der Waals surface area contributed by atoms with Crippen LogP contribution in [0.1, 0.15) is 11.1 Å². The molecule has 6 heteroatoms. The maximum absolute atomic E-state index is 13.1. The summed E-state index contributed by atoms with van der Waals surface area (Å²) in [4.78, 5) is 9.18. The molecule has 4 nitrogen and oxygen atoms in total. The number of aromatic nitrogens is 1. The van der Waals surface area contributed by atoms with E-state index in [1.807, 2.05) is 18.3 Å². The highest BCUT2D eigenvalue weighted by Gasteiger charge is 2.18. The van der Waals surface area contributed by atoms with E-state index in [-0.39, 0.29) is 5.82 Å². The number of rotatable bonds is 6. The van der Waals surface area contributed by atoms with Gasteiger partial charge in [0.1, 0.15) is 11.6 Å². The molecule has 140 valence electrons. The normalized spacial score (nSPS) is 14.6. The van der Waals surface area contributed by atoms with Crippen LogP contribution in [-0.4, -0.2) is 31.2 Å². The van der Waals surface area contributed by atoms with Crippen LogP contribution in [-0.2, 0) is 13.1 Å². The summed E-state index contributed by atoms with van der Waals surface area (Å²) in [6.45, 7) is 5.37. The first-order chi connectivity index (χ1) is 13.3.